The maximum atomic E-state index is 12.4. The fraction of sp³-hybridized carbons (Fsp3) is 0.571. The molecule has 1 aromatic rings. The molecule has 96 valence electrons. The number of pyridine rings is 1. The molecule has 2 bridgehead atoms. The minimum atomic E-state index is 0.151. The van der Waals surface area contributed by atoms with E-state index in [0.29, 0.717) is 11.6 Å². The molecule has 1 saturated heterocycles. The highest BCUT2D eigenvalue weighted by Crippen LogP contribution is 2.37. The van der Waals surface area contributed by atoms with E-state index >= 15 is 0 Å². The molecule has 0 spiro atoms. The highest BCUT2D eigenvalue weighted by molar-refractivity contribution is 5.94. The van der Waals surface area contributed by atoms with E-state index in [9.17, 15) is 4.79 Å². The standard InChI is InChI=1S/C14H19N3O/c1-2-15-13-6-4-11(8-16-13)14(18)17-9-10-3-5-12(17)7-10/h4,6,8,10,12H,2-3,5,7,9H2,1H3,(H,15,16). The second kappa shape index (κ2) is 4.59. The minimum Gasteiger partial charge on any atom is -0.370 e. The van der Waals surface area contributed by atoms with E-state index in [4.69, 9.17) is 0 Å². The third kappa shape index (κ3) is 1.96. The van der Waals surface area contributed by atoms with E-state index in [2.05, 4.69) is 10.3 Å². The summed E-state index contributed by atoms with van der Waals surface area (Å²) in [7, 11) is 0. The van der Waals surface area contributed by atoms with Gasteiger partial charge in [0.25, 0.3) is 5.91 Å². The lowest BCUT2D eigenvalue weighted by atomic mass is 10.1. The van der Waals surface area contributed by atoms with Crippen molar-refractivity contribution in [1.82, 2.24) is 9.88 Å². The molecule has 0 radical (unpaired) electrons. The van der Waals surface area contributed by atoms with Crippen molar-refractivity contribution in [2.24, 2.45) is 5.92 Å². The third-order valence-electron chi connectivity index (χ3n) is 4.04. The van der Waals surface area contributed by atoms with Crippen LogP contribution in [-0.2, 0) is 0 Å². The number of piperidine rings is 1. The van der Waals surface area contributed by atoms with Crippen molar-refractivity contribution in [2.75, 3.05) is 18.4 Å². The minimum absolute atomic E-state index is 0.151. The van der Waals surface area contributed by atoms with Gasteiger partial charge in [0.05, 0.1) is 5.56 Å². The lowest BCUT2D eigenvalue weighted by Gasteiger charge is -2.26. The zero-order valence-corrected chi connectivity index (χ0v) is 10.7. The van der Waals surface area contributed by atoms with Gasteiger partial charge in [0.15, 0.2) is 0 Å². The van der Waals surface area contributed by atoms with E-state index in [1.807, 2.05) is 24.0 Å². The number of hydrogen-bond acceptors (Lipinski definition) is 3. The Balaban J connectivity index is 1.72. The van der Waals surface area contributed by atoms with Crippen molar-refractivity contribution in [1.29, 1.82) is 0 Å². The smallest absolute Gasteiger partial charge is 0.255 e. The van der Waals surface area contributed by atoms with Crippen molar-refractivity contribution in [2.45, 2.75) is 32.2 Å². The molecule has 1 aliphatic carbocycles. The summed E-state index contributed by atoms with van der Waals surface area (Å²) in [5, 5.41) is 3.13. The first kappa shape index (κ1) is 11.5. The summed E-state index contributed by atoms with van der Waals surface area (Å²) in [5.74, 6) is 1.72. The second-order valence-corrected chi connectivity index (χ2v) is 5.25. The van der Waals surface area contributed by atoms with Crippen LogP contribution >= 0.6 is 0 Å². The van der Waals surface area contributed by atoms with Crippen LogP contribution in [0.25, 0.3) is 0 Å². The Kier molecular flexibility index (Phi) is 2.94. The number of anilines is 1. The monoisotopic (exact) mass is 245 g/mol. The van der Waals surface area contributed by atoms with Crippen molar-refractivity contribution in [3.63, 3.8) is 0 Å². The van der Waals surface area contributed by atoms with Gasteiger partial charge in [-0.15, -0.1) is 0 Å². The first-order chi connectivity index (χ1) is 8.78. The molecule has 2 unspecified atom stereocenters. The van der Waals surface area contributed by atoms with E-state index in [1.165, 1.54) is 19.3 Å². The first-order valence-corrected chi connectivity index (χ1v) is 6.79. The van der Waals surface area contributed by atoms with Crippen LogP contribution in [0.4, 0.5) is 5.82 Å². The van der Waals surface area contributed by atoms with Gasteiger partial charge in [-0.1, -0.05) is 0 Å². The Bertz CT molecular complexity index is 443. The molecule has 1 aliphatic heterocycles. The number of amides is 1. The van der Waals surface area contributed by atoms with Gasteiger partial charge in [-0.05, 0) is 44.2 Å². The van der Waals surface area contributed by atoms with Gasteiger partial charge in [-0.25, -0.2) is 4.98 Å². The number of carbonyl (C=O) groups is 1. The molecule has 18 heavy (non-hydrogen) atoms. The van der Waals surface area contributed by atoms with Crippen LogP contribution in [0.15, 0.2) is 18.3 Å². The predicted octanol–water partition coefficient (Wildman–Crippen LogP) is 2.14. The van der Waals surface area contributed by atoms with Gasteiger partial charge in [0.2, 0.25) is 0 Å². The summed E-state index contributed by atoms with van der Waals surface area (Å²) in [6.07, 6.45) is 5.37. The van der Waals surface area contributed by atoms with E-state index in [0.717, 1.165) is 24.8 Å². The average Bonchev–Trinajstić information content (AvgIpc) is 3.01. The molecule has 1 N–H and O–H groups in total. The molecule has 2 aliphatic rings. The van der Waals surface area contributed by atoms with Crippen molar-refractivity contribution in [3.05, 3.63) is 23.9 Å². The van der Waals surface area contributed by atoms with Crippen LogP contribution in [0.3, 0.4) is 0 Å². The van der Waals surface area contributed by atoms with Crippen molar-refractivity contribution >= 4 is 11.7 Å². The Labute approximate surface area is 107 Å². The number of nitrogens with one attached hydrogen (secondary N) is 1. The summed E-state index contributed by atoms with van der Waals surface area (Å²) in [6.45, 7) is 3.82. The molecule has 2 atom stereocenters. The number of carbonyl (C=O) groups excluding carboxylic acids is 1. The van der Waals surface area contributed by atoms with Crippen LogP contribution in [0.1, 0.15) is 36.5 Å². The van der Waals surface area contributed by atoms with Crippen molar-refractivity contribution < 1.29 is 4.79 Å². The highest BCUT2D eigenvalue weighted by Gasteiger charge is 2.40. The number of nitrogens with zero attached hydrogens (tertiary/aromatic N) is 2. The first-order valence-electron chi connectivity index (χ1n) is 6.79. The number of hydrogen-bond donors (Lipinski definition) is 1. The quantitative estimate of drug-likeness (QED) is 0.887. The highest BCUT2D eigenvalue weighted by atomic mass is 16.2. The van der Waals surface area contributed by atoms with Crippen LogP contribution in [-0.4, -0.2) is 34.9 Å². The number of rotatable bonds is 3. The lowest BCUT2D eigenvalue weighted by Crippen LogP contribution is -2.37. The fourth-order valence-corrected chi connectivity index (χ4v) is 3.15. The van der Waals surface area contributed by atoms with Gasteiger partial charge in [-0.3, -0.25) is 4.79 Å². The van der Waals surface area contributed by atoms with Gasteiger partial charge in [0.1, 0.15) is 5.82 Å². The Morgan fingerprint density at radius 1 is 1.50 bits per heavy atom. The molecule has 1 saturated carbocycles. The van der Waals surface area contributed by atoms with E-state index in [-0.39, 0.29) is 5.91 Å². The number of aromatic nitrogens is 1. The fourth-order valence-electron chi connectivity index (χ4n) is 3.15. The Morgan fingerprint density at radius 3 is 2.94 bits per heavy atom. The number of fused-ring (bicyclic) bond motifs is 2. The molecule has 2 fully saturated rings. The normalized spacial score (nSPS) is 25.5. The molecule has 0 aromatic carbocycles. The lowest BCUT2D eigenvalue weighted by molar-refractivity contribution is 0.0703. The molecular formula is C14H19N3O. The third-order valence-corrected chi connectivity index (χ3v) is 4.04. The molecule has 4 heteroatoms. The second-order valence-electron chi connectivity index (χ2n) is 5.25. The average molecular weight is 245 g/mol. The molecule has 3 rings (SSSR count). The molecule has 4 nitrogen and oxygen atoms in total. The molecule has 1 amide bonds. The predicted molar refractivity (Wildman–Crippen MR) is 70.6 cm³/mol. The Hall–Kier alpha value is -1.58. The Morgan fingerprint density at radius 2 is 2.39 bits per heavy atom. The largest absolute Gasteiger partial charge is 0.370 e. The molecule has 2 heterocycles. The van der Waals surface area contributed by atoms with Crippen LogP contribution in [0.2, 0.25) is 0 Å². The van der Waals surface area contributed by atoms with Gasteiger partial charge in [0, 0.05) is 25.3 Å². The maximum absolute atomic E-state index is 12.4. The van der Waals surface area contributed by atoms with Crippen molar-refractivity contribution in [3.8, 4) is 0 Å². The van der Waals surface area contributed by atoms with E-state index < -0.39 is 0 Å². The molecular weight excluding hydrogens is 226 g/mol. The zero-order chi connectivity index (χ0) is 12.5. The van der Waals surface area contributed by atoms with Gasteiger partial charge < -0.3 is 10.2 Å². The SMILES string of the molecule is CCNc1ccc(C(=O)N2CC3CCC2C3)cn1. The topological polar surface area (TPSA) is 45.2 Å². The zero-order valence-electron chi connectivity index (χ0n) is 10.7. The van der Waals surface area contributed by atoms with Gasteiger partial charge in [-0.2, -0.15) is 0 Å². The maximum Gasteiger partial charge on any atom is 0.255 e. The summed E-state index contributed by atoms with van der Waals surface area (Å²) in [4.78, 5) is 18.7. The van der Waals surface area contributed by atoms with Crippen LogP contribution < -0.4 is 5.32 Å². The summed E-state index contributed by atoms with van der Waals surface area (Å²) in [6, 6.07) is 4.24. The molecule has 1 aromatic heterocycles. The summed E-state index contributed by atoms with van der Waals surface area (Å²) < 4.78 is 0. The number of likely N-dealkylation sites (tertiary alicyclic amines) is 1. The summed E-state index contributed by atoms with van der Waals surface area (Å²) >= 11 is 0. The summed E-state index contributed by atoms with van der Waals surface area (Å²) in [5.41, 5.74) is 0.712. The van der Waals surface area contributed by atoms with Gasteiger partial charge >= 0.3 is 0 Å². The van der Waals surface area contributed by atoms with Crippen LogP contribution in [0, 0.1) is 5.92 Å². The van der Waals surface area contributed by atoms with Crippen LogP contribution in [0.5, 0.6) is 0 Å². The van der Waals surface area contributed by atoms with E-state index in [1.54, 1.807) is 6.20 Å².